The number of hydrogen-bond acceptors (Lipinski definition) is 5. The van der Waals surface area contributed by atoms with Gasteiger partial charge in [-0.05, 0) is 47.7 Å². The van der Waals surface area contributed by atoms with E-state index in [2.05, 4.69) is 26.9 Å². The van der Waals surface area contributed by atoms with Crippen molar-refractivity contribution in [3.63, 3.8) is 0 Å². The van der Waals surface area contributed by atoms with Crippen LogP contribution < -0.4 is 10.6 Å². The van der Waals surface area contributed by atoms with E-state index in [1.165, 1.54) is 42.5 Å². The molecule has 198 valence electrons. The molecule has 38 heavy (non-hydrogen) atoms. The molecule has 1 amide bonds. The summed E-state index contributed by atoms with van der Waals surface area (Å²) in [7, 11) is 0. The van der Waals surface area contributed by atoms with Crippen molar-refractivity contribution in [2.24, 2.45) is 5.41 Å². The Morgan fingerprint density at radius 3 is 2.47 bits per heavy atom. The number of nitriles is 1. The Balaban J connectivity index is 1.96. The lowest BCUT2D eigenvalue weighted by Crippen LogP contribution is -2.45. The van der Waals surface area contributed by atoms with E-state index in [4.69, 9.17) is 34.8 Å². The van der Waals surface area contributed by atoms with Crippen molar-refractivity contribution in [1.82, 2.24) is 15.5 Å². The molecule has 0 aliphatic carbocycles. The van der Waals surface area contributed by atoms with Crippen molar-refractivity contribution in [1.29, 1.82) is 5.26 Å². The first kappa shape index (κ1) is 28.2. The van der Waals surface area contributed by atoms with Crippen molar-refractivity contribution in [3.8, 4) is 6.07 Å². The van der Waals surface area contributed by atoms with E-state index in [0.717, 1.165) is 6.07 Å². The monoisotopic (exact) mass is 577 g/mol. The average molecular weight is 579 g/mol. The van der Waals surface area contributed by atoms with Crippen LogP contribution in [0.1, 0.15) is 44.2 Å². The summed E-state index contributed by atoms with van der Waals surface area (Å²) < 4.78 is 31.2. The summed E-state index contributed by atoms with van der Waals surface area (Å²) in [6, 6.07) is 11.6. The highest BCUT2D eigenvalue weighted by Gasteiger charge is 2.61. The van der Waals surface area contributed by atoms with Gasteiger partial charge in [0.1, 0.15) is 17.0 Å². The Bertz CT molecular complexity index is 1410. The maximum Gasteiger partial charge on any atom is 0.243 e. The normalized spacial score (nSPS) is 23.2. The molecular formula is C27H24Cl3F2N5O. The molecule has 1 aliphatic heterocycles. The Labute approximate surface area is 234 Å². The number of anilines is 1. The summed E-state index contributed by atoms with van der Waals surface area (Å²) in [5.41, 5.74) is -2.08. The second-order valence-electron chi connectivity index (χ2n) is 10.4. The third kappa shape index (κ3) is 5.34. The first-order chi connectivity index (χ1) is 17.9. The van der Waals surface area contributed by atoms with Crippen LogP contribution in [0, 0.1) is 28.4 Å². The van der Waals surface area contributed by atoms with Gasteiger partial charge in [-0.1, -0.05) is 73.8 Å². The van der Waals surface area contributed by atoms with E-state index in [-0.39, 0.29) is 37.6 Å². The van der Waals surface area contributed by atoms with Crippen molar-refractivity contribution in [3.05, 3.63) is 86.5 Å². The topological polar surface area (TPSA) is 90.7 Å². The number of nitrogens with zero attached hydrogens (tertiary/aromatic N) is 3. The summed E-state index contributed by atoms with van der Waals surface area (Å²) in [5, 5.41) is 24.4. The van der Waals surface area contributed by atoms with Crippen LogP contribution in [0.3, 0.4) is 0 Å². The third-order valence-electron chi connectivity index (χ3n) is 6.61. The molecule has 0 unspecified atom stereocenters. The molecular weight excluding hydrogens is 555 g/mol. The molecule has 1 aromatic heterocycles. The van der Waals surface area contributed by atoms with Crippen LogP contribution in [0.5, 0.6) is 0 Å². The quantitative estimate of drug-likeness (QED) is 0.353. The van der Waals surface area contributed by atoms with Gasteiger partial charge in [-0.2, -0.15) is 5.26 Å². The Hall–Kier alpha value is -2.83. The van der Waals surface area contributed by atoms with Crippen LogP contribution in [0.15, 0.2) is 48.5 Å². The largest absolute Gasteiger partial charge is 0.308 e. The molecule has 1 saturated heterocycles. The fourth-order valence-corrected chi connectivity index (χ4v) is 5.58. The molecule has 3 aromatic rings. The van der Waals surface area contributed by atoms with Crippen LogP contribution in [0.2, 0.25) is 15.2 Å². The van der Waals surface area contributed by atoms with Gasteiger partial charge in [-0.3, -0.25) is 4.79 Å². The first-order valence-electron chi connectivity index (χ1n) is 11.7. The molecule has 0 spiro atoms. The third-order valence-corrected chi connectivity index (χ3v) is 7.34. The van der Waals surface area contributed by atoms with Gasteiger partial charge in [0.15, 0.2) is 11.0 Å². The lowest BCUT2D eigenvalue weighted by atomic mass is 9.62. The minimum absolute atomic E-state index is 0.000325. The highest BCUT2D eigenvalue weighted by molar-refractivity contribution is 6.31. The van der Waals surface area contributed by atoms with Crippen LogP contribution in [-0.4, -0.2) is 28.2 Å². The number of carbonyl (C=O) groups is 1. The SMILES string of the molecule is CC(C)(C)C[C@@H]1N[C@@H](C(=O)Nc2ccc(Cl)nn2)[C@H](c2cccc(Cl)c2F)[C@@]1(C#N)c1ccc(Cl)cc1F. The zero-order valence-corrected chi connectivity index (χ0v) is 23.0. The maximum atomic E-state index is 15.6. The Kier molecular flexibility index (Phi) is 7.96. The summed E-state index contributed by atoms with van der Waals surface area (Å²) in [4.78, 5) is 13.7. The number of rotatable bonds is 5. The number of aromatic nitrogens is 2. The fraction of sp³-hybridized carbons (Fsp3) is 0.333. The van der Waals surface area contributed by atoms with Gasteiger partial charge < -0.3 is 10.6 Å². The second kappa shape index (κ2) is 10.7. The molecule has 0 saturated carbocycles. The minimum Gasteiger partial charge on any atom is -0.308 e. The Morgan fingerprint density at radius 1 is 1.13 bits per heavy atom. The molecule has 2 heterocycles. The molecule has 4 rings (SSSR count). The average Bonchev–Trinajstić information content (AvgIpc) is 3.15. The minimum atomic E-state index is -1.72. The summed E-state index contributed by atoms with van der Waals surface area (Å²) in [5.74, 6) is -3.23. The lowest BCUT2D eigenvalue weighted by Gasteiger charge is -2.37. The summed E-state index contributed by atoms with van der Waals surface area (Å²) >= 11 is 18.0. The molecule has 6 nitrogen and oxygen atoms in total. The second-order valence-corrected chi connectivity index (χ2v) is 11.6. The van der Waals surface area contributed by atoms with Gasteiger partial charge in [0, 0.05) is 22.5 Å². The standard InChI is InChI=1S/C27H24Cl3F2N5O/c1-26(2,3)12-19-27(13-33,16-8-7-14(28)11-18(16)31)22(15-5-4-6-17(29)23(15)32)24(34-19)25(38)35-21-10-9-20(30)36-37-21/h4-11,19,22,24,34H,12H2,1-3H3,(H,35,37,38)/t19-,22-,24+,27-/m0/s1. The lowest BCUT2D eigenvalue weighted by molar-refractivity contribution is -0.118. The van der Waals surface area contributed by atoms with Crippen molar-refractivity contribution in [2.75, 3.05) is 5.32 Å². The van der Waals surface area contributed by atoms with Gasteiger partial charge in [0.2, 0.25) is 5.91 Å². The van der Waals surface area contributed by atoms with Gasteiger partial charge in [0.05, 0.1) is 17.1 Å². The van der Waals surface area contributed by atoms with Crippen molar-refractivity contribution in [2.45, 2.75) is 50.6 Å². The summed E-state index contributed by atoms with van der Waals surface area (Å²) in [6.07, 6.45) is 0.353. The molecule has 0 bridgehead atoms. The fourth-order valence-electron chi connectivity index (χ4n) is 5.14. The molecule has 11 heteroatoms. The predicted octanol–water partition coefficient (Wildman–Crippen LogP) is 6.68. The molecule has 2 N–H and O–H groups in total. The number of hydrogen-bond donors (Lipinski definition) is 2. The van der Waals surface area contributed by atoms with Gasteiger partial charge >= 0.3 is 0 Å². The van der Waals surface area contributed by atoms with Gasteiger partial charge in [-0.15, -0.1) is 10.2 Å². The molecule has 1 fully saturated rings. The maximum absolute atomic E-state index is 15.6. The van der Waals surface area contributed by atoms with Crippen LogP contribution in [-0.2, 0) is 10.2 Å². The van der Waals surface area contributed by atoms with E-state index in [1.54, 1.807) is 0 Å². The van der Waals surface area contributed by atoms with E-state index < -0.39 is 41.0 Å². The number of amides is 1. The van der Waals surface area contributed by atoms with Crippen molar-refractivity contribution < 1.29 is 13.6 Å². The smallest absolute Gasteiger partial charge is 0.243 e. The molecule has 2 aromatic carbocycles. The van der Waals surface area contributed by atoms with Gasteiger partial charge in [0.25, 0.3) is 0 Å². The number of nitrogens with one attached hydrogen (secondary N) is 2. The van der Waals surface area contributed by atoms with Gasteiger partial charge in [-0.25, -0.2) is 8.78 Å². The van der Waals surface area contributed by atoms with Crippen LogP contribution >= 0.6 is 34.8 Å². The molecule has 4 atom stereocenters. The van der Waals surface area contributed by atoms with E-state index in [0.29, 0.717) is 6.42 Å². The van der Waals surface area contributed by atoms with Crippen molar-refractivity contribution >= 4 is 46.5 Å². The van der Waals surface area contributed by atoms with E-state index in [1.807, 2.05) is 20.8 Å². The first-order valence-corrected chi connectivity index (χ1v) is 12.9. The number of carbonyl (C=O) groups excluding carboxylic acids is 1. The number of halogens is 5. The number of benzene rings is 2. The van der Waals surface area contributed by atoms with Crippen LogP contribution in [0.4, 0.5) is 14.6 Å². The van der Waals surface area contributed by atoms with Crippen LogP contribution in [0.25, 0.3) is 0 Å². The Morgan fingerprint density at radius 2 is 1.87 bits per heavy atom. The van der Waals surface area contributed by atoms with E-state index >= 15 is 8.78 Å². The summed E-state index contributed by atoms with van der Waals surface area (Å²) in [6.45, 7) is 5.88. The molecule has 0 radical (unpaired) electrons. The highest BCUT2D eigenvalue weighted by Crippen LogP contribution is 2.52. The highest BCUT2D eigenvalue weighted by atomic mass is 35.5. The van der Waals surface area contributed by atoms with E-state index in [9.17, 15) is 10.1 Å². The zero-order chi connectivity index (χ0) is 27.8. The molecule has 1 aliphatic rings. The zero-order valence-electron chi connectivity index (χ0n) is 20.7. The predicted molar refractivity (Wildman–Crippen MR) is 143 cm³/mol.